The van der Waals surface area contributed by atoms with Gasteiger partial charge in [-0.2, -0.15) is 4.99 Å². The van der Waals surface area contributed by atoms with Crippen molar-refractivity contribution in [3.05, 3.63) is 23.3 Å². The summed E-state index contributed by atoms with van der Waals surface area (Å²) in [6, 6.07) is 3.54. The second kappa shape index (κ2) is 6.80. The molecule has 1 aliphatic rings. The first-order valence-electron chi connectivity index (χ1n) is 6.81. The van der Waals surface area contributed by atoms with E-state index in [0.29, 0.717) is 17.0 Å². The minimum absolute atomic E-state index is 0.0271. The van der Waals surface area contributed by atoms with Gasteiger partial charge in [-0.1, -0.05) is 0 Å². The number of aliphatic imine (C=N–C) groups is 1. The molecule has 0 unspecified atom stereocenters. The number of hydrogen-bond donors (Lipinski definition) is 0. The molecule has 1 amide bonds. The molecule has 1 aliphatic heterocycles. The SMILES string of the molecule is COc1cc(C)c(N=C=S)cc1C(=O)N1CCN(C)CC1. The number of amides is 1. The first-order chi connectivity index (χ1) is 10.1. The summed E-state index contributed by atoms with van der Waals surface area (Å²) < 4.78 is 5.35. The van der Waals surface area contributed by atoms with Crippen LogP contribution in [0.2, 0.25) is 0 Å². The van der Waals surface area contributed by atoms with Crippen molar-refractivity contribution in [3.8, 4) is 5.75 Å². The first kappa shape index (κ1) is 15.6. The van der Waals surface area contributed by atoms with Crippen molar-refractivity contribution in [3.63, 3.8) is 0 Å². The van der Waals surface area contributed by atoms with Crippen LogP contribution in [0.25, 0.3) is 0 Å². The Morgan fingerprint density at radius 1 is 1.33 bits per heavy atom. The van der Waals surface area contributed by atoms with E-state index in [9.17, 15) is 4.79 Å². The van der Waals surface area contributed by atoms with Gasteiger partial charge in [-0.3, -0.25) is 4.79 Å². The summed E-state index contributed by atoms with van der Waals surface area (Å²) >= 11 is 4.65. The number of hydrogen-bond acceptors (Lipinski definition) is 5. The molecule has 0 bridgehead atoms. The number of methoxy groups -OCH3 is 1. The van der Waals surface area contributed by atoms with Crippen LogP contribution in [0.15, 0.2) is 17.1 Å². The van der Waals surface area contributed by atoms with E-state index in [1.165, 1.54) is 0 Å². The Kier molecular flexibility index (Phi) is 5.07. The summed E-state index contributed by atoms with van der Waals surface area (Å²) in [6.45, 7) is 5.10. The highest BCUT2D eigenvalue weighted by molar-refractivity contribution is 7.78. The maximum Gasteiger partial charge on any atom is 0.257 e. The lowest BCUT2D eigenvalue weighted by Crippen LogP contribution is -2.47. The number of carbonyl (C=O) groups is 1. The topological polar surface area (TPSA) is 45.1 Å². The predicted molar refractivity (Wildman–Crippen MR) is 85.8 cm³/mol. The Morgan fingerprint density at radius 2 is 2.00 bits per heavy atom. The maximum absolute atomic E-state index is 12.7. The molecule has 0 radical (unpaired) electrons. The number of likely N-dealkylation sites (N-methyl/N-ethyl adjacent to an activating group) is 1. The molecule has 0 atom stereocenters. The van der Waals surface area contributed by atoms with E-state index in [4.69, 9.17) is 4.74 Å². The molecule has 0 N–H and O–H groups in total. The summed E-state index contributed by atoms with van der Waals surface area (Å²) in [5, 5.41) is 2.35. The summed E-state index contributed by atoms with van der Waals surface area (Å²) in [5.41, 5.74) is 2.08. The van der Waals surface area contributed by atoms with Gasteiger partial charge >= 0.3 is 0 Å². The highest BCUT2D eigenvalue weighted by Crippen LogP contribution is 2.29. The summed E-state index contributed by atoms with van der Waals surface area (Å²) in [6.07, 6.45) is 0. The number of carbonyl (C=O) groups excluding carboxylic acids is 1. The molecule has 2 rings (SSSR count). The zero-order valence-corrected chi connectivity index (χ0v) is 13.4. The fourth-order valence-electron chi connectivity index (χ4n) is 2.36. The zero-order valence-electron chi connectivity index (χ0n) is 12.5. The average molecular weight is 305 g/mol. The molecule has 6 heteroatoms. The van der Waals surface area contributed by atoms with E-state index < -0.39 is 0 Å². The summed E-state index contributed by atoms with van der Waals surface area (Å²) in [7, 11) is 3.62. The molecule has 0 aliphatic carbocycles. The van der Waals surface area contributed by atoms with Gasteiger partial charge in [0.2, 0.25) is 0 Å². The van der Waals surface area contributed by atoms with Crippen molar-refractivity contribution < 1.29 is 9.53 Å². The molecule has 112 valence electrons. The number of nitrogens with zero attached hydrogens (tertiary/aromatic N) is 3. The second-order valence-electron chi connectivity index (χ2n) is 5.14. The second-order valence-corrected chi connectivity index (χ2v) is 5.32. The minimum atomic E-state index is -0.0271. The highest BCUT2D eigenvalue weighted by Gasteiger charge is 2.23. The Labute approximate surface area is 130 Å². The van der Waals surface area contributed by atoms with Crippen LogP contribution < -0.4 is 4.74 Å². The monoisotopic (exact) mass is 305 g/mol. The molecule has 1 saturated heterocycles. The molecule has 1 heterocycles. The lowest BCUT2D eigenvalue weighted by atomic mass is 10.1. The highest BCUT2D eigenvalue weighted by atomic mass is 32.1. The molecule has 0 spiro atoms. The van der Waals surface area contributed by atoms with Gasteiger partial charge in [0.1, 0.15) is 5.75 Å². The van der Waals surface area contributed by atoms with Crippen molar-refractivity contribution in [1.82, 2.24) is 9.80 Å². The molecular formula is C15H19N3O2S. The molecule has 1 fully saturated rings. The largest absolute Gasteiger partial charge is 0.496 e. The van der Waals surface area contributed by atoms with Gasteiger partial charge in [-0.15, -0.1) is 0 Å². The fraction of sp³-hybridized carbons (Fsp3) is 0.467. The number of benzene rings is 1. The average Bonchev–Trinajstić information content (AvgIpc) is 2.49. The summed E-state index contributed by atoms with van der Waals surface area (Å²) in [4.78, 5) is 20.8. The number of rotatable bonds is 3. The van der Waals surface area contributed by atoms with Crippen molar-refractivity contribution >= 4 is 29.0 Å². The van der Waals surface area contributed by atoms with Gasteiger partial charge in [0.25, 0.3) is 5.91 Å². The normalized spacial score (nSPS) is 15.5. The van der Waals surface area contributed by atoms with Crippen LogP contribution in [0.5, 0.6) is 5.75 Å². The van der Waals surface area contributed by atoms with E-state index in [1.54, 1.807) is 13.2 Å². The zero-order chi connectivity index (χ0) is 15.4. The Morgan fingerprint density at radius 3 is 2.57 bits per heavy atom. The number of piperazine rings is 1. The number of thiocarbonyl (C=S) groups is 1. The summed E-state index contributed by atoms with van der Waals surface area (Å²) in [5.74, 6) is 0.542. The van der Waals surface area contributed by atoms with Gasteiger partial charge < -0.3 is 14.5 Å². The van der Waals surface area contributed by atoms with Crippen LogP contribution in [-0.2, 0) is 0 Å². The number of ether oxygens (including phenoxy) is 1. The fourth-order valence-corrected chi connectivity index (χ4v) is 2.45. The molecule has 21 heavy (non-hydrogen) atoms. The lowest BCUT2D eigenvalue weighted by Gasteiger charge is -2.32. The number of aryl methyl sites for hydroxylation is 1. The van der Waals surface area contributed by atoms with Gasteiger partial charge in [0, 0.05) is 26.2 Å². The predicted octanol–water partition coefficient (Wildman–Crippen LogP) is 2.13. The van der Waals surface area contributed by atoms with E-state index in [1.807, 2.05) is 17.9 Å². The Balaban J connectivity index is 2.34. The third kappa shape index (κ3) is 3.47. The van der Waals surface area contributed by atoms with Crippen molar-refractivity contribution in [1.29, 1.82) is 0 Å². The van der Waals surface area contributed by atoms with Crippen molar-refractivity contribution in [2.24, 2.45) is 4.99 Å². The Hall–Kier alpha value is -1.75. The first-order valence-corrected chi connectivity index (χ1v) is 7.22. The van der Waals surface area contributed by atoms with Crippen LogP contribution >= 0.6 is 12.2 Å². The standard InChI is InChI=1S/C15H19N3O2S/c1-11-8-14(20-3)12(9-13(11)16-10-21)15(19)18-6-4-17(2)5-7-18/h8-9H,4-7H2,1-3H3. The van der Waals surface area contributed by atoms with E-state index in [0.717, 1.165) is 31.7 Å². The third-order valence-electron chi connectivity index (χ3n) is 3.71. The lowest BCUT2D eigenvalue weighted by molar-refractivity contribution is 0.0661. The van der Waals surface area contributed by atoms with Gasteiger partial charge in [0.15, 0.2) is 0 Å². The van der Waals surface area contributed by atoms with Crippen LogP contribution in [0.3, 0.4) is 0 Å². The van der Waals surface area contributed by atoms with Gasteiger partial charge in [-0.05, 0) is 43.9 Å². The molecule has 5 nitrogen and oxygen atoms in total. The molecule has 1 aromatic rings. The van der Waals surface area contributed by atoms with E-state index >= 15 is 0 Å². The van der Waals surface area contributed by atoms with Crippen molar-refractivity contribution in [2.45, 2.75) is 6.92 Å². The van der Waals surface area contributed by atoms with E-state index in [2.05, 4.69) is 34.3 Å². The smallest absolute Gasteiger partial charge is 0.257 e. The van der Waals surface area contributed by atoms with Crippen LogP contribution in [-0.4, -0.2) is 61.2 Å². The molecule has 0 saturated carbocycles. The minimum Gasteiger partial charge on any atom is -0.496 e. The van der Waals surface area contributed by atoms with Gasteiger partial charge in [-0.25, -0.2) is 0 Å². The van der Waals surface area contributed by atoms with Crippen LogP contribution in [0.1, 0.15) is 15.9 Å². The molecule has 0 aromatic heterocycles. The maximum atomic E-state index is 12.7. The van der Waals surface area contributed by atoms with Crippen LogP contribution in [0, 0.1) is 6.92 Å². The third-order valence-corrected chi connectivity index (χ3v) is 3.80. The number of isothiocyanates is 1. The Bertz CT molecular complexity index is 589. The quantitative estimate of drug-likeness (QED) is 0.634. The van der Waals surface area contributed by atoms with Crippen molar-refractivity contribution in [2.75, 3.05) is 40.3 Å². The van der Waals surface area contributed by atoms with Crippen LogP contribution in [0.4, 0.5) is 5.69 Å². The molecule has 1 aromatic carbocycles. The van der Waals surface area contributed by atoms with E-state index in [-0.39, 0.29) is 5.91 Å². The van der Waals surface area contributed by atoms with Gasteiger partial charge in [0.05, 0.1) is 23.5 Å². The molecular weight excluding hydrogens is 286 g/mol.